The summed E-state index contributed by atoms with van der Waals surface area (Å²) >= 11 is 0. The molecule has 0 saturated heterocycles. The van der Waals surface area contributed by atoms with Crippen LogP contribution >= 0.6 is 0 Å². The molecule has 1 aromatic rings. The number of aliphatic carboxylic acids is 1. The number of rotatable bonds is 8. The lowest BCUT2D eigenvalue weighted by Crippen LogP contribution is -2.34. The lowest BCUT2D eigenvalue weighted by Gasteiger charge is -2.15. The SMILES string of the molecule is CNC(CCC(=O)O)C(=O)c1ccc(OC)c(OC)c1. The van der Waals surface area contributed by atoms with Crippen molar-refractivity contribution in [3.8, 4) is 11.5 Å². The Bertz CT molecular complexity index is 486. The molecule has 0 aliphatic heterocycles. The normalized spacial score (nSPS) is 11.8. The molecule has 6 nitrogen and oxygen atoms in total. The fourth-order valence-corrected chi connectivity index (χ4v) is 1.87. The topological polar surface area (TPSA) is 84.9 Å². The minimum Gasteiger partial charge on any atom is -0.493 e. The predicted molar refractivity (Wildman–Crippen MR) is 73.6 cm³/mol. The molecule has 1 atom stereocenters. The number of likely N-dealkylation sites (N-methyl/N-ethyl adjacent to an activating group) is 1. The third-order valence-electron chi connectivity index (χ3n) is 2.98. The van der Waals surface area contributed by atoms with E-state index in [-0.39, 0.29) is 18.6 Å². The number of carboxylic acid groups (broad SMARTS) is 1. The minimum absolute atomic E-state index is 0.0649. The van der Waals surface area contributed by atoms with Crippen LogP contribution in [0.25, 0.3) is 0 Å². The molecule has 0 saturated carbocycles. The third-order valence-corrected chi connectivity index (χ3v) is 2.98. The van der Waals surface area contributed by atoms with E-state index in [1.807, 2.05) is 0 Å². The Morgan fingerprint density at radius 3 is 2.40 bits per heavy atom. The van der Waals surface area contributed by atoms with Gasteiger partial charge in [0.15, 0.2) is 17.3 Å². The number of nitrogens with one attached hydrogen (secondary N) is 1. The number of hydrogen-bond donors (Lipinski definition) is 2. The van der Waals surface area contributed by atoms with Gasteiger partial charge in [0.1, 0.15) is 0 Å². The largest absolute Gasteiger partial charge is 0.493 e. The van der Waals surface area contributed by atoms with Gasteiger partial charge < -0.3 is 19.9 Å². The highest BCUT2D eigenvalue weighted by Crippen LogP contribution is 2.28. The summed E-state index contributed by atoms with van der Waals surface area (Å²) in [5.74, 6) is -0.0953. The van der Waals surface area contributed by atoms with Crippen LogP contribution < -0.4 is 14.8 Å². The van der Waals surface area contributed by atoms with Gasteiger partial charge in [-0.15, -0.1) is 0 Å². The van der Waals surface area contributed by atoms with Crippen LogP contribution in [0, 0.1) is 0 Å². The number of carbonyl (C=O) groups is 2. The second kappa shape index (κ2) is 7.49. The van der Waals surface area contributed by atoms with Crippen molar-refractivity contribution in [1.29, 1.82) is 0 Å². The Labute approximate surface area is 117 Å². The maximum Gasteiger partial charge on any atom is 0.303 e. The zero-order valence-electron chi connectivity index (χ0n) is 11.8. The van der Waals surface area contributed by atoms with Crippen molar-refractivity contribution in [3.05, 3.63) is 23.8 Å². The van der Waals surface area contributed by atoms with Gasteiger partial charge >= 0.3 is 5.97 Å². The molecule has 0 heterocycles. The van der Waals surface area contributed by atoms with Gasteiger partial charge in [0, 0.05) is 12.0 Å². The van der Waals surface area contributed by atoms with Crippen molar-refractivity contribution in [2.24, 2.45) is 0 Å². The summed E-state index contributed by atoms with van der Waals surface area (Å²) in [5, 5.41) is 11.5. The predicted octanol–water partition coefficient (Wildman–Crippen LogP) is 1.34. The highest BCUT2D eigenvalue weighted by molar-refractivity contribution is 6.00. The summed E-state index contributed by atoms with van der Waals surface area (Å²) in [5.41, 5.74) is 0.451. The van der Waals surface area contributed by atoms with Gasteiger partial charge in [-0.2, -0.15) is 0 Å². The number of methoxy groups -OCH3 is 2. The van der Waals surface area contributed by atoms with Gasteiger partial charge in [0.05, 0.1) is 20.3 Å². The van der Waals surface area contributed by atoms with E-state index in [0.717, 1.165) is 0 Å². The number of benzene rings is 1. The second-order valence-electron chi connectivity index (χ2n) is 4.21. The Hall–Kier alpha value is -2.08. The summed E-state index contributed by atoms with van der Waals surface area (Å²) in [6.45, 7) is 0. The van der Waals surface area contributed by atoms with Crippen molar-refractivity contribution < 1.29 is 24.2 Å². The quantitative estimate of drug-likeness (QED) is 0.699. The minimum atomic E-state index is -0.926. The van der Waals surface area contributed by atoms with Crippen LogP contribution in [0.1, 0.15) is 23.2 Å². The summed E-state index contributed by atoms with van der Waals surface area (Å²) in [6, 6.07) is 4.33. The Morgan fingerprint density at radius 1 is 1.25 bits per heavy atom. The lowest BCUT2D eigenvalue weighted by atomic mass is 10.00. The van der Waals surface area contributed by atoms with Crippen LogP contribution in [-0.4, -0.2) is 44.2 Å². The molecule has 1 rings (SSSR count). The number of carbonyl (C=O) groups excluding carboxylic acids is 1. The van der Waals surface area contributed by atoms with Crippen molar-refractivity contribution in [2.45, 2.75) is 18.9 Å². The second-order valence-corrected chi connectivity index (χ2v) is 4.21. The number of carboxylic acids is 1. The van der Waals surface area contributed by atoms with Crippen LogP contribution in [0.4, 0.5) is 0 Å². The monoisotopic (exact) mass is 281 g/mol. The van der Waals surface area contributed by atoms with E-state index < -0.39 is 12.0 Å². The van der Waals surface area contributed by atoms with Crippen LogP contribution in [0.5, 0.6) is 11.5 Å². The summed E-state index contributed by atoms with van der Waals surface area (Å²) in [7, 11) is 4.64. The van der Waals surface area contributed by atoms with Gasteiger partial charge in [0.25, 0.3) is 0 Å². The molecular formula is C14H19NO5. The Morgan fingerprint density at radius 2 is 1.90 bits per heavy atom. The fourth-order valence-electron chi connectivity index (χ4n) is 1.87. The van der Waals surface area contributed by atoms with Crippen molar-refractivity contribution in [2.75, 3.05) is 21.3 Å². The highest BCUT2D eigenvalue weighted by Gasteiger charge is 2.20. The molecule has 0 amide bonds. The molecule has 110 valence electrons. The third kappa shape index (κ3) is 3.96. The molecule has 0 radical (unpaired) electrons. The van der Waals surface area contributed by atoms with Gasteiger partial charge in [-0.05, 0) is 31.7 Å². The number of ether oxygens (including phenoxy) is 2. The van der Waals surface area contributed by atoms with Crippen LogP contribution in [0.15, 0.2) is 18.2 Å². The van der Waals surface area contributed by atoms with Crippen LogP contribution in [0.3, 0.4) is 0 Å². The number of hydrogen-bond acceptors (Lipinski definition) is 5. The zero-order valence-corrected chi connectivity index (χ0v) is 11.8. The van der Waals surface area contributed by atoms with E-state index in [0.29, 0.717) is 17.1 Å². The van der Waals surface area contributed by atoms with E-state index in [2.05, 4.69) is 5.32 Å². The molecule has 1 aromatic carbocycles. The van der Waals surface area contributed by atoms with E-state index >= 15 is 0 Å². The van der Waals surface area contributed by atoms with Crippen LogP contribution in [0.2, 0.25) is 0 Å². The summed E-state index contributed by atoms with van der Waals surface area (Å²) < 4.78 is 10.3. The van der Waals surface area contributed by atoms with Crippen LogP contribution in [-0.2, 0) is 4.79 Å². The van der Waals surface area contributed by atoms with Crippen molar-refractivity contribution >= 4 is 11.8 Å². The van der Waals surface area contributed by atoms with Gasteiger partial charge in [-0.1, -0.05) is 0 Å². The van der Waals surface area contributed by atoms with Crippen molar-refractivity contribution in [1.82, 2.24) is 5.32 Å². The standard InChI is InChI=1S/C14H19NO5/c1-15-10(5-7-13(16)17)14(18)9-4-6-11(19-2)12(8-9)20-3/h4,6,8,10,15H,5,7H2,1-3H3,(H,16,17). The molecule has 6 heteroatoms. The first-order chi connectivity index (χ1) is 9.53. The zero-order chi connectivity index (χ0) is 15.1. The highest BCUT2D eigenvalue weighted by atomic mass is 16.5. The first kappa shape index (κ1) is 16.0. The first-order valence-electron chi connectivity index (χ1n) is 6.18. The molecule has 2 N–H and O–H groups in total. The molecule has 0 aromatic heterocycles. The maximum atomic E-state index is 12.3. The molecule has 0 aliphatic rings. The molecule has 0 bridgehead atoms. The van der Waals surface area contributed by atoms with Gasteiger partial charge in [0.2, 0.25) is 0 Å². The molecule has 20 heavy (non-hydrogen) atoms. The maximum absolute atomic E-state index is 12.3. The molecule has 1 unspecified atom stereocenters. The lowest BCUT2D eigenvalue weighted by molar-refractivity contribution is -0.137. The fraction of sp³-hybridized carbons (Fsp3) is 0.429. The molecule has 0 aliphatic carbocycles. The van der Waals surface area contributed by atoms with Gasteiger partial charge in [-0.25, -0.2) is 0 Å². The van der Waals surface area contributed by atoms with Gasteiger partial charge in [-0.3, -0.25) is 9.59 Å². The van der Waals surface area contributed by atoms with E-state index in [4.69, 9.17) is 14.6 Å². The smallest absolute Gasteiger partial charge is 0.303 e. The van der Waals surface area contributed by atoms with E-state index in [1.54, 1.807) is 25.2 Å². The van der Waals surface area contributed by atoms with Crippen molar-refractivity contribution in [3.63, 3.8) is 0 Å². The first-order valence-corrected chi connectivity index (χ1v) is 6.18. The average Bonchev–Trinajstić information content (AvgIpc) is 2.46. The summed E-state index contributed by atoms with van der Waals surface area (Å²) in [6.07, 6.45) is 0.170. The molecular weight excluding hydrogens is 262 g/mol. The summed E-state index contributed by atoms with van der Waals surface area (Å²) in [4.78, 5) is 22.9. The molecule has 0 fully saturated rings. The Balaban J connectivity index is 2.91. The molecule has 0 spiro atoms. The Kier molecular flexibility index (Phi) is 5.99. The van der Waals surface area contributed by atoms with E-state index in [9.17, 15) is 9.59 Å². The average molecular weight is 281 g/mol. The van der Waals surface area contributed by atoms with E-state index in [1.165, 1.54) is 14.2 Å². The number of Topliss-reactive ketones (excluding diaryl/α,β-unsaturated/α-hetero) is 1. The number of ketones is 1.